The second kappa shape index (κ2) is 4.51. The molecule has 0 aliphatic rings. The molecule has 0 bridgehead atoms. The molecular formula is C8H6I2N4. The summed E-state index contributed by atoms with van der Waals surface area (Å²) in [6.45, 7) is 0.676. The van der Waals surface area contributed by atoms with Crippen LogP contribution >= 0.6 is 45.2 Å². The first kappa shape index (κ1) is 10.3. The van der Waals surface area contributed by atoms with E-state index < -0.39 is 0 Å². The smallest absolute Gasteiger partial charge is 0.147 e. The topological polar surface area (TPSA) is 43.6 Å². The minimum Gasteiger partial charge on any atom is -0.317 e. The van der Waals surface area contributed by atoms with Crippen molar-refractivity contribution >= 4 is 45.2 Å². The number of rotatable bonds is 2. The Kier molecular flexibility index (Phi) is 3.31. The molecule has 0 saturated carbocycles. The van der Waals surface area contributed by atoms with Gasteiger partial charge in [0.05, 0.1) is 12.9 Å². The lowest BCUT2D eigenvalue weighted by atomic mass is 10.5. The Morgan fingerprint density at radius 3 is 2.43 bits per heavy atom. The third-order valence-electron chi connectivity index (χ3n) is 1.66. The first-order valence-electron chi connectivity index (χ1n) is 3.89. The monoisotopic (exact) mass is 412 g/mol. The highest BCUT2D eigenvalue weighted by molar-refractivity contribution is 14.1. The highest BCUT2D eigenvalue weighted by Crippen LogP contribution is 2.13. The second-order valence-electron chi connectivity index (χ2n) is 2.62. The molecule has 6 heteroatoms. The van der Waals surface area contributed by atoms with Crippen molar-refractivity contribution in [2.45, 2.75) is 6.54 Å². The average molecular weight is 412 g/mol. The molecule has 2 rings (SSSR count). The molecule has 72 valence electrons. The third kappa shape index (κ3) is 2.22. The molecule has 0 radical (unpaired) electrons. The molecule has 0 aliphatic carbocycles. The van der Waals surface area contributed by atoms with Gasteiger partial charge in [0.15, 0.2) is 0 Å². The van der Waals surface area contributed by atoms with Crippen molar-refractivity contribution < 1.29 is 0 Å². The lowest BCUT2D eigenvalue weighted by Crippen LogP contribution is -2.04. The predicted molar refractivity (Wildman–Crippen MR) is 68.8 cm³/mol. The van der Waals surface area contributed by atoms with Gasteiger partial charge in [-0.05, 0) is 51.2 Å². The van der Waals surface area contributed by atoms with Crippen molar-refractivity contribution in [1.29, 1.82) is 0 Å². The van der Waals surface area contributed by atoms with E-state index in [1.165, 1.54) is 0 Å². The summed E-state index contributed by atoms with van der Waals surface area (Å²) in [4.78, 5) is 12.5. The van der Waals surface area contributed by atoms with Crippen molar-refractivity contribution in [3.63, 3.8) is 0 Å². The van der Waals surface area contributed by atoms with Gasteiger partial charge in [0.25, 0.3) is 0 Å². The quantitative estimate of drug-likeness (QED) is 0.709. The maximum absolute atomic E-state index is 4.20. The van der Waals surface area contributed by atoms with Gasteiger partial charge >= 0.3 is 0 Å². The number of halogens is 2. The fourth-order valence-electron chi connectivity index (χ4n) is 1.02. The van der Waals surface area contributed by atoms with Crippen LogP contribution in [0, 0.1) is 7.40 Å². The molecule has 2 aromatic rings. The summed E-state index contributed by atoms with van der Waals surface area (Å²) in [5.41, 5.74) is 0. The highest BCUT2D eigenvalue weighted by atomic mass is 127. The van der Waals surface area contributed by atoms with Gasteiger partial charge in [-0.3, -0.25) is 0 Å². The molecule has 0 saturated heterocycles. The third-order valence-corrected chi connectivity index (χ3v) is 4.62. The lowest BCUT2D eigenvalue weighted by molar-refractivity contribution is 0.727. The van der Waals surface area contributed by atoms with E-state index in [1.807, 2.05) is 10.6 Å². The van der Waals surface area contributed by atoms with Gasteiger partial charge in [0.2, 0.25) is 0 Å². The predicted octanol–water partition coefficient (Wildman–Crippen LogP) is 1.93. The Morgan fingerprint density at radius 2 is 1.86 bits per heavy atom. The summed E-state index contributed by atoms with van der Waals surface area (Å²) in [5.74, 6) is 0.805. The fraction of sp³-hybridized carbons (Fsp3) is 0.125. The molecule has 0 N–H and O–H groups in total. The van der Waals surface area contributed by atoms with Crippen LogP contribution in [0.15, 0.2) is 24.8 Å². The summed E-state index contributed by atoms with van der Waals surface area (Å²) < 4.78 is 4.16. The first-order valence-corrected chi connectivity index (χ1v) is 6.05. The van der Waals surface area contributed by atoms with Gasteiger partial charge in [-0.25, -0.2) is 15.0 Å². The average Bonchev–Trinajstić information content (AvgIpc) is 2.52. The van der Waals surface area contributed by atoms with Crippen LogP contribution in [0.3, 0.4) is 0 Å². The number of imidazole rings is 1. The summed E-state index contributed by atoms with van der Waals surface area (Å²) in [6.07, 6.45) is 5.30. The molecule has 0 aromatic carbocycles. The molecule has 0 aliphatic heterocycles. The maximum Gasteiger partial charge on any atom is 0.147 e. The number of hydrogen-bond donors (Lipinski definition) is 0. The van der Waals surface area contributed by atoms with E-state index in [2.05, 4.69) is 60.1 Å². The lowest BCUT2D eigenvalue weighted by Gasteiger charge is -2.01. The van der Waals surface area contributed by atoms with Crippen LogP contribution in [0.5, 0.6) is 0 Å². The van der Waals surface area contributed by atoms with Gasteiger partial charge < -0.3 is 4.57 Å². The van der Waals surface area contributed by atoms with Crippen molar-refractivity contribution in [3.8, 4) is 0 Å². The zero-order valence-corrected chi connectivity index (χ0v) is 11.4. The van der Waals surface area contributed by atoms with E-state index in [1.54, 1.807) is 18.7 Å². The van der Waals surface area contributed by atoms with Crippen LogP contribution in [0.4, 0.5) is 0 Å². The molecule has 4 nitrogen and oxygen atoms in total. The molecule has 14 heavy (non-hydrogen) atoms. The molecule has 0 atom stereocenters. The molecule has 0 fully saturated rings. The fourth-order valence-corrected chi connectivity index (χ4v) is 1.89. The Balaban J connectivity index is 2.23. The summed E-state index contributed by atoms with van der Waals surface area (Å²) in [6, 6.07) is 1.81. The van der Waals surface area contributed by atoms with Crippen molar-refractivity contribution in [3.05, 3.63) is 38.0 Å². The Hall–Kier alpha value is -0.250. The molecule has 0 spiro atoms. The SMILES string of the molecule is Ic1ncn(Cc2ncccn2)c1I. The molecule has 0 amide bonds. The van der Waals surface area contributed by atoms with E-state index in [4.69, 9.17) is 0 Å². The highest BCUT2D eigenvalue weighted by Gasteiger charge is 2.05. The van der Waals surface area contributed by atoms with Gasteiger partial charge in [-0.15, -0.1) is 0 Å². The van der Waals surface area contributed by atoms with E-state index >= 15 is 0 Å². The number of nitrogens with zero attached hydrogens (tertiary/aromatic N) is 4. The van der Waals surface area contributed by atoms with E-state index in [-0.39, 0.29) is 0 Å². The van der Waals surface area contributed by atoms with Gasteiger partial charge in [-0.2, -0.15) is 0 Å². The number of aromatic nitrogens is 4. The van der Waals surface area contributed by atoms with Crippen LogP contribution < -0.4 is 0 Å². The van der Waals surface area contributed by atoms with Gasteiger partial charge in [-0.1, -0.05) is 0 Å². The molecule has 0 unspecified atom stereocenters. The summed E-state index contributed by atoms with van der Waals surface area (Å²) in [7, 11) is 0. The standard InChI is InChI=1S/C8H6I2N4/c9-7-8(10)14(5-13-7)4-6-11-2-1-3-12-6/h1-3,5H,4H2. The van der Waals surface area contributed by atoms with Crippen LogP contribution in [-0.2, 0) is 6.54 Å². The summed E-state index contributed by atoms with van der Waals surface area (Å²) in [5, 5.41) is 0. The van der Waals surface area contributed by atoms with Crippen LogP contribution in [0.2, 0.25) is 0 Å². The van der Waals surface area contributed by atoms with E-state index in [9.17, 15) is 0 Å². The zero-order chi connectivity index (χ0) is 9.97. The Morgan fingerprint density at radius 1 is 1.14 bits per heavy atom. The van der Waals surface area contributed by atoms with Crippen molar-refractivity contribution in [1.82, 2.24) is 19.5 Å². The largest absolute Gasteiger partial charge is 0.317 e. The minimum absolute atomic E-state index is 0.676. The van der Waals surface area contributed by atoms with Crippen molar-refractivity contribution in [2.24, 2.45) is 0 Å². The normalized spacial score (nSPS) is 10.4. The minimum atomic E-state index is 0.676. The van der Waals surface area contributed by atoms with Crippen LogP contribution in [0.25, 0.3) is 0 Å². The van der Waals surface area contributed by atoms with Crippen LogP contribution in [0.1, 0.15) is 5.82 Å². The van der Waals surface area contributed by atoms with Gasteiger partial charge in [0, 0.05) is 12.4 Å². The Labute approximate surface area is 108 Å². The maximum atomic E-state index is 4.20. The van der Waals surface area contributed by atoms with E-state index in [0.29, 0.717) is 6.54 Å². The molecular weight excluding hydrogens is 406 g/mol. The first-order chi connectivity index (χ1) is 6.77. The molecule has 2 heterocycles. The number of hydrogen-bond acceptors (Lipinski definition) is 3. The zero-order valence-electron chi connectivity index (χ0n) is 7.06. The summed E-state index contributed by atoms with van der Waals surface area (Å²) >= 11 is 4.47. The Bertz CT molecular complexity index is 426. The van der Waals surface area contributed by atoms with Gasteiger partial charge in [0.1, 0.15) is 13.2 Å². The van der Waals surface area contributed by atoms with Crippen molar-refractivity contribution in [2.75, 3.05) is 0 Å². The van der Waals surface area contributed by atoms with Crippen LogP contribution in [-0.4, -0.2) is 19.5 Å². The molecule has 2 aromatic heterocycles. The van der Waals surface area contributed by atoms with E-state index in [0.717, 1.165) is 13.2 Å². The second-order valence-corrected chi connectivity index (χ2v) is 4.66.